The maximum Gasteiger partial charge on any atom is 0.273 e. The van der Waals surface area contributed by atoms with Gasteiger partial charge in [0.25, 0.3) is 5.91 Å². The van der Waals surface area contributed by atoms with Gasteiger partial charge in [0.1, 0.15) is 5.82 Å². The van der Waals surface area contributed by atoms with Gasteiger partial charge in [0.05, 0.1) is 11.4 Å². The fraction of sp³-hybridized carbons (Fsp3) is 0.316. The van der Waals surface area contributed by atoms with E-state index in [1.165, 1.54) is 16.8 Å². The number of hydrogen-bond acceptors (Lipinski definition) is 6. The number of carbonyl (C=O) groups excluding carboxylic acids is 1. The Morgan fingerprint density at radius 2 is 1.82 bits per heavy atom. The van der Waals surface area contributed by atoms with E-state index in [0.29, 0.717) is 17.3 Å². The Morgan fingerprint density at radius 3 is 2.50 bits per heavy atom. The van der Waals surface area contributed by atoms with E-state index >= 15 is 0 Å². The van der Waals surface area contributed by atoms with Crippen molar-refractivity contribution in [2.45, 2.75) is 25.8 Å². The lowest BCUT2D eigenvalue weighted by Crippen LogP contribution is -2.45. The van der Waals surface area contributed by atoms with Gasteiger partial charge in [-0.2, -0.15) is 0 Å². The third-order valence-electron chi connectivity index (χ3n) is 4.85. The third kappa shape index (κ3) is 3.68. The molecule has 0 saturated carbocycles. The molecule has 3 heterocycles. The highest BCUT2D eigenvalue weighted by atomic mass is 19.1. The van der Waals surface area contributed by atoms with Gasteiger partial charge in [0.15, 0.2) is 5.69 Å². The van der Waals surface area contributed by atoms with Crippen LogP contribution in [0.2, 0.25) is 0 Å². The van der Waals surface area contributed by atoms with Crippen molar-refractivity contribution in [3.8, 4) is 5.69 Å². The van der Waals surface area contributed by atoms with Gasteiger partial charge >= 0.3 is 0 Å². The third-order valence-corrected chi connectivity index (χ3v) is 4.85. The van der Waals surface area contributed by atoms with Crippen LogP contribution < -0.4 is 10.2 Å². The van der Waals surface area contributed by atoms with E-state index in [1.54, 1.807) is 37.5 Å². The molecule has 0 radical (unpaired) electrons. The quantitative estimate of drug-likeness (QED) is 0.743. The van der Waals surface area contributed by atoms with E-state index in [0.717, 1.165) is 25.9 Å². The molecule has 1 saturated heterocycles. The number of amides is 1. The Morgan fingerprint density at radius 1 is 1.14 bits per heavy atom. The van der Waals surface area contributed by atoms with Crippen molar-refractivity contribution in [1.82, 2.24) is 30.3 Å². The highest BCUT2D eigenvalue weighted by molar-refractivity contribution is 5.93. The molecule has 2 aromatic heterocycles. The van der Waals surface area contributed by atoms with E-state index in [4.69, 9.17) is 0 Å². The molecule has 1 aromatic carbocycles. The van der Waals surface area contributed by atoms with Crippen molar-refractivity contribution in [1.29, 1.82) is 0 Å². The number of halogens is 1. The summed E-state index contributed by atoms with van der Waals surface area (Å²) in [6.07, 6.45) is 5.05. The fourth-order valence-corrected chi connectivity index (χ4v) is 3.30. The largest absolute Gasteiger partial charge is 0.348 e. The van der Waals surface area contributed by atoms with E-state index in [9.17, 15) is 9.18 Å². The minimum atomic E-state index is -0.327. The predicted molar refractivity (Wildman–Crippen MR) is 101 cm³/mol. The van der Waals surface area contributed by atoms with Gasteiger partial charge in [-0.1, -0.05) is 5.21 Å². The number of anilines is 1. The average molecular weight is 381 g/mol. The SMILES string of the molecule is Cc1c(C(=O)NC2CCN(c3ncccn3)CC2)nnn1-c1ccc(F)cc1. The Labute approximate surface area is 161 Å². The molecule has 0 atom stereocenters. The first-order chi connectivity index (χ1) is 13.6. The van der Waals surface area contributed by atoms with Crippen LogP contribution in [-0.2, 0) is 0 Å². The van der Waals surface area contributed by atoms with Gasteiger partial charge in [-0.05, 0) is 50.1 Å². The van der Waals surface area contributed by atoms with Crippen LogP contribution in [0.1, 0.15) is 29.0 Å². The Bertz CT molecular complexity index is 950. The molecule has 0 unspecified atom stereocenters. The monoisotopic (exact) mass is 381 g/mol. The first-order valence-electron chi connectivity index (χ1n) is 9.13. The zero-order valence-electron chi connectivity index (χ0n) is 15.4. The second-order valence-electron chi connectivity index (χ2n) is 6.70. The van der Waals surface area contributed by atoms with Crippen molar-refractivity contribution < 1.29 is 9.18 Å². The number of benzene rings is 1. The van der Waals surface area contributed by atoms with Gasteiger partial charge in [0.2, 0.25) is 5.95 Å². The van der Waals surface area contributed by atoms with Gasteiger partial charge < -0.3 is 10.2 Å². The van der Waals surface area contributed by atoms with Crippen molar-refractivity contribution in [3.05, 3.63) is 59.9 Å². The molecule has 1 aliphatic rings. The van der Waals surface area contributed by atoms with E-state index < -0.39 is 0 Å². The van der Waals surface area contributed by atoms with Crippen LogP contribution in [0.3, 0.4) is 0 Å². The second-order valence-corrected chi connectivity index (χ2v) is 6.70. The first-order valence-corrected chi connectivity index (χ1v) is 9.13. The lowest BCUT2D eigenvalue weighted by atomic mass is 10.1. The number of piperidine rings is 1. The Kier molecular flexibility index (Phi) is 4.96. The molecular formula is C19H20FN7O. The molecule has 28 heavy (non-hydrogen) atoms. The molecule has 4 rings (SSSR count). The lowest BCUT2D eigenvalue weighted by Gasteiger charge is -2.32. The van der Waals surface area contributed by atoms with Crippen LogP contribution in [0.15, 0.2) is 42.7 Å². The highest BCUT2D eigenvalue weighted by Crippen LogP contribution is 2.17. The maximum absolute atomic E-state index is 13.1. The molecular weight excluding hydrogens is 361 g/mol. The van der Waals surface area contributed by atoms with Crippen LogP contribution in [0, 0.1) is 12.7 Å². The summed E-state index contributed by atoms with van der Waals surface area (Å²) >= 11 is 0. The number of rotatable bonds is 4. The van der Waals surface area contributed by atoms with Crippen molar-refractivity contribution in [2.75, 3.05) is 18.0 Å². The summed E-state index contributed by atoms with van der Waals surface area (Å²) in [6.45, 7) is 3.32. The highest BCUT2D eigenvalue weighted by Gasteiger charge is 2.25. The molecule has 0 aliphatic carbocycles. The number of carbonyl (C=O) groups is 1. The van der Waals surface area contributed by atoms with Gasteiger partial charge in [-0.25, -0.2) is 19.0 Å². The summed E-state index contributed by atoms with van der Waals surface area (Å²) in [5, 5.41) is 11.1. The summed E-state index contributed by atoms with van der Waals surface area (Å²) in [6, 6.07) is 7.74. The first kappa shape index (κ1) is 18.0. The van der Waals surface area contributed by atoms with Crippen LogP contribution in [0.25, 0.3) is 5.69 Å². The van der Waals surface area contributed by atoms with Gasteiger partial charge in [-0.15, -0.1) is 5.10 Å². The van der Waals surface area contributed by atoms with Crippen LogP contribution >= 0.6 is 0 Å². The number of aromatic nitrogens is 5. The zero-order valence-corrected chi connectivity index (χ0v) is 15.4. The summed E-state index contributed by atoms with van der Waals surface area (Å²) in [4.78, 5) is 23.3. The molecule has 0 spiro atoms. The smallest absolute Gasteiger partial charge is 0.273 e. The molecule has 3 aromatic rings. The zero-order chi connectivity index (χ0) is 19.5. The standard InChI is InChI=1S/C19H20FN7O/c1-13-17(24-25-27(13)16-5-3-14(20)4-6-16)18(28)23-15-7-11-26(12-8-15)19-21-9-2-10-22-19/h2-6,9-10,15H,7-8,11-12H2,1H3,(H,23,28). The van der Waals surface area contributed by atoms with Crippen molar-refractivity contribution >= 4 is 11.9 Å². The van der Waals surface area contributed by atoms with Crippen molar-refractivity contribution in [3.63, 3.8) is 0 Å². The molecule has 9 heteroatoms. The summed E-state index contributed by atoms with van der Waals surface area (Å²) in [5.41, 5.74) is 1.54. The predicted octanol–water partition coefficient (Wildman–Crippen LogP) is 1.90. The summed E-state index contributed by atoms with van der Waals surface area (Å²) in [7, 11) is 0. The summed E-state index contributed by atoms with van der Waals surface area (Å²) in [5.74, 6) is 0.136. The number of hydrogen-bond donors (Lipinski definition) is 1. The van der Waals surface area contributed by atoms with E-state index in [-0.39, 0.29) is 23.5 Å². The molecule has 1 amide bonds. The lowest BCUT2D eigenvalue weighted by molar-refractivity contribution is 0.0925. The normalized spacial score (nSPS) is 14.9. The number of nitrogens with one attached hydrogen (secondary N) is 1. The second kappa shape index (κ2) is 7.71. The molecule has 8 nitrogen and oxygen atoms in total. The van der Waals surface area contributed by atoms with Crippen LogP contribution in [0.4, 0.5) is 10.3 Å². The Hall–Kier alpha value is -3.36. The van der Waals surface area contributed by atoms with Crippen molar-refractivity contribution in [2.24, 2.45) is 0 Å². The van der Waals surface area contributed by atoms with Crippen LogP contribution in [0.5, 0.6) is 0 Å². The Balaban J connectivity index is 1.39. The number of nitrogens with zero attached hydrogens (tertiary/aromatic N) is 6. The minimum absolute atomic E-state index is 0.0582. The summed E-state index contributed by atoms with van der Waals surface area (Å²) < 4.78 is 14.6. The average Bonchev–Trinajstić information content (AvgIpc) is 3.11. The van der Waals surface area contributed by atoms with E-state index in [1.807, 2.05) is 0 Å². The topological polar surface area (TPSA) is 88.8 Å². The molecule has 144 valence electrons. The molecule has 0 bridgehead atoms. The van der Waals surface area contributed by atoms with Gasteiger partial charge in [-0.3, -0.25) is 4.79 Å². The fourth-order valence-electron chi connectivity index (χ4n) is 3.30. The molecule has 1 N–H and O–H groups in total. The van der Waals surface area contributed by atoms with Gasteiger partial charge in [0, 0.05) is 31.5 Å². The molecule has 1 fully saturated rings. The molecule has 1 aliphatic heterocycles. The van der Waals surface area contributed by atoms with E-state index in [2.05, 4.69) is 30.5 Å². The minimum Gasteiger partial charge on any atom is -0.348 e. The maximum atomic E-state index is 13.1. The van der Waals surface area contributed by atoms with Crippen LogP contribution in [-0.4, -0.2) is 50.0 Å².